The van der Waals surface area contributed by atoms with E-state index in [1.54, 1.807) is 11.8 Å². The lowest BCUT2D eigenvalue weighted by molar-refractivity contribution is -0.139. The molecule has 1 aromatic heterocycles. The quantitative estimate of drug-likeness (QED) is 0.832. The van der Waals surface area contributed by atoms with E-state index in [1.165, 1.54) is 5.56 Å². The summed E-state index contributed by atoms with van der Waals surface area (Å²) in [7, 11) is 0. The van der Waals surface area contributed by atoms with Gasteiger partial charge in [0.25, 0.3) is 5.91 Å². The molecule has 0 bridgehead atoms. The van der Waals surface area contributed by atoms with E-state index < -0.39 is 0 Å². The second-order valence-corrected chi connectivity index (χ2v) is 7.40. The molecule has 6 heteroatoms. The van der Waals surface area contributed by atoms with Crippen LogP contribution in [0.1, 0.15) is 58.7 Å². The zero-order chi connectivity index (χ0) is 18.4. The van der Waals surface area contributed by atoms with Crippen LogP contribution in [0.5, 0.6) is 0 Å². The molecule has 3 heterocycles. The number of rotatable bonds is 2. The van der Waals surface area contributed by atoms with Gasteiger partial charge < -0.3 is 14.3 Å². The minimum Gasteiger partial charge on any atom is -0.360 e. The maximum atomic E-state index is 13.2. The van der Waals surface area contributed by atoms with Crippen molar-refractivity contribution < 1.29 is 14.1 Å². The van der Waals surface area contributed by atoms with E-state index in [4.69, 9.17) is 4.52 Å². The lowest BCUT2D eigenvalue weighted by atomic mass is 9.90. The maximum Gasteiger partial charge on any atom is 0.259 e. The van der Waals surface area contributed by atoms with Gasteiger partial charge in [-0.05, 0) is 24.5 Å². The average molecular weight is 353 g/mol. The molecule has 2 aliphatic rings. The lowest BCUT2D eigenvalue weighted by Gasteiger charge is -2.44. The first kappa shape index (κ1) is 16.8. The monoisotopic (exact) mass is 353 g/mol. The number of aromatic nitrogens is 1. The molecule has 1 atom stereocenters. The molecule has 0 N–H and O–H groups in total. The smallest absolute Gasteiger partial charge is 0.259 e. The van der Waals surface area contributed by atoms with Crippen LogP contribution in [0.2, 0.25) is 0 Å². The Morgan fingerprint density at radius 1 is 1.31 bits per heavy atom. The minimum atomic E-state index is -0.163. The van der Waals surface area contributed by atoms with Crippen molar-refractivity contribution in [2.24, 2.45) is 0 Å². The molecule has 0 saturated carbocycles. The van der Waals surface area contributed by atoms with E-state index in [1.807, 2.05) is 30.9 Å². The van der Waals surface area contributed by atoms with Gasteiger partial charge >= 0.3 is 0 Å². The summed E-state index contributed by atoms with van der Waals surface area (Å²) < 4.78 is 5.37. The van der Waals surface area contributed by atoms with Crippen molar-refractivity contribution in [2.75, 3.05) is 19.6 Å². The summed E-state index contributed by atoms with van der Waals surface area (Å²) >= 11 is 0. The van der Waals surface area contributed by atoms with Gasteiger partial charge in [-0.1, -0.05) is 43.3 Å². The van der Waals surface area contributed by atoms with Gasteiger partial charge in [-0.25, -0.2) is 0 Å². The van der Waals surface area contributed by atoms with E-state index in [-0.39, 0.29) is 30.3 Å². The minimum absolute atomic E-state index is 0.00399. The third-order valence-corrected chi connectivity index (χ3v) is 5.37. The lowest BCUT2D eigenvalue weighted by Crippen LogP contribution is -2.55. The van der Waals surface area contributed by atoms with Gasteiger partial charge in [-0.15, -0.1) is 0 Å². The zero-order valence-corrected chi connectivity index (χ0v) is 15.4. The van der Waals surface area contributed by atoms with Crippen LogP contribution in [-0.2, 0) is 11.2 Å². The molecule has 0 aliphatic carbocycles. The molecule has 2 aromatic rings. The highest BCUT2D eigenvalue weighted by atomic mass is 16.5. The maximum absolute atomic E-state index is 13.2. The van der Waals surface area contributed by atoms with Crippen molar-refractivity contribution in [1.82, 2.24) is 15.0 Å². The molecular weight excluding hydrogens is 330 g/mol. The van der Waals surface area contributed by atoms with Gasteiger partial charge in [0.15, 0.2) is 5.76 Å². The van der Waals surface area contributed by atoms with Crippen molar-refractivity contribution >= 4 is 11.8 Å². The number of carbonyl (C=O) groups excluding carboxylic acids is 2. The standard InChI is InChI=1S/C20H23N3O3/c1-12(2)19-18(13(3)21-26-19)20(25)22-10-16-15-7-5-4-6-14(15)8-9-23(16)17(24)11-22/h4-7,12,16H,8-11H2,1-3H3. The van der Waals surface area contributed by atoms with E-state index in [2.05, 4.69) is 17.3 Å². The van der Waals surface area contributed by atoms with Crippen molar-refractivity contribution in [3.63, 3.8) is 0 Å². The third-order valence-electron chi connectivity index (χ3n) is 5.37. The number of nitrogens with zero attached hydrogens (tertiary/aromatic N) is 3. The second kappa shape index (κ2) is 6.27. The molecule has 2 aliphatic heterocycles. The fourth-order valence-corrected chi connectivity index (χ4v) is 4.03. The molecule has 26 heavy (non-hydrogen) atoms. The van der Waals surface area contributed by atoms with Gasteiger partial charge in [0.2, 0.25) is 5.91 Å². The average Bonchev–Trinajstić information content (AvgIpc) is 3.02. The highest BCUT2D eigenvalue weighted by Gasteiger charge is 2.40. The van der Waals surface area contributed by atoms with Gasteiger partial charge in [0.05, 0.1) is 11.7 Å². The molecule has 1 saturated heterocycles. The molecule has 1 fully saturated rings. The van der Waals surface area contributed by atoms with Gasteiger partial charge in [-0.3, -0.25) is 9.59 Å². The van der Waals surface area contributed by atoms with Crippen LogP contribution in [0.15, 0.2) is 28.8 Å². The molecule has 6 nitrogen and oxygen atoms in total. The number of fused-ring (bicyclic) bond motifs is 3. The highest BCUT2D eigenvalue weighted by molar-refractivity contribution is 5.99. The Morgan fingerprint density at radius 3 is 2.85 bits per heavy atom. The topological polar surface area (TPSA) is 66.7 Å². The molecule has 1 aromatic carbocycles. The largest absolute Gasteiger partial charge is 0.360 e. The van der Waals surface area contributed by atoms with Gasteiger partial charge in [0.1, 0.15) is 12.1 Å². The summed E-state index contributed by atoms with van der Waals surface area (Å²) in [6.45, 7) is 7.04. The highest BCUT2D eigenvalue weighted by Crippen LogP contribution is 2.34. The Bertz CT molecular complexity index is 871. The summed E-state index contributed by atoms with van der Waals surface area (Å²) in [5, 5.41) is 3.97. The SMILES string of the molecule is Cc1noc(C(C)C)c1C(=O)N1CC(=O)N2CCc3ccccc3C2C1. The van der Waals surface area contributed by atoms with Crippen LogP contribution in [0.4, 0.5) is 0 Å². The molecule has 0 spiro atoms. The zero-order valence-electron chi connectivity index (χ0n) is 15.4. The number of hydrogen-bond acceptors (Lipinski definition) is 4. The molecule has 136 valence electrons. The Hall–Kier alpha value is -2.63. The number of benzene rings is 1. The fraction of sp³-hybridized carbons (Fsp3) is 0.450. The summed E-state index contributed by atoms with van der Waals surface area (Å²) in [5.74, 6) is 0.488. The van der Waals surface area contributed by atoms with Crippen molar-refractivity contribution in [2.45, 2.75) is 39.2 Å². The number of carbonyl (C=O) groups is 2. The van der Waals surface area contributed by atoms with Crippen LogP contribution < -0.4 is 0 Å². The van der Waals surface area contributed by atoms with E-state index in [0.29, 0.717) is 30.1 Å². The van der Waals surface area contributed by atoms with Crippen molar-refractivity contribution in [1.29, 1.82) is 0 Å². The predicted octanol–water partition coefficient (Wildman–Crippen LogP) is 2.69. The van der Waals surface area contributed by atoms with Crippen LogP contribution >= 0.6 is 0 Å². The number of piperazine rings is 1. The molecule has 1 unspecified atom stereocenters. The Labute approximate surface area is 152 Å². The second-order valence-electron chi connectivity index (χ2n) is 7.40. The Balaban J connectivity index is 1.67. The molecule has 0 radical (unpaired) electrons. The predicted molar refractivity (Wildman–Crippen MR) is 95.8 cm³/mol. The number of aryl methyl sites for hydroxylation is 1. The summed E-state index contributed by atoms with van der Waals surface area (Å²) in [5.41, 5.74) is 3.50. The van der Waals surface area contributed by atoms with Crippen LogP contribution in [0.25, 0.3) is 0 Å². The van der Waals surface area contributed by atoms with E-state index >= 15 is 0 Å². The first-order valence-electron chi connectivity index (χ1n) is 9.10. The fourth-order valence-electron chi connectivity index (χ4n) is 4.03. The van der Waals surface area contributed by atoms with Crippen LogP contribution in [-0.4, -0.2) is 46.4 Å². The first-order chi connectivity index (χ1) is 12.5. The normalized spacial score (nSPS) is 19.5. The van der Waals surface area contributed by atoms with Gasteiger partial charge in [-0.2, -0.15) is 0 Å². The van der Waals surface area contributed by atoms with E-state index in [0.717, 1.165) is 12.0 Å². The summed E-state index contributed by atoms with van der Waals surface area (Å²) in [6, 6.07) is 8.12. The van der Waals surface area contributed by atoms with Crippen LogP contribution in [0, 0.1) is 6.92 Å². The molecular formula is C20H23N3O3. The van der Waals surface area contributed by atoms with Gasteiger partial charge in [0, 0.05) is 19.0 Å². The van der Waals surface area contributed by atoms with Crippen molar-refractivity contribution in [3.05, 3.63) is 52.4 Å². The Morgan fingerprint density at radius 2 is 2.08 bits per heavy atom. The van der Waals surface area contributed by atoms with Crippen LogP contribution in [0.3, 0.4) is 0 Å². The first-order valence-corrected chi connectivity index (χ1v) is 9.10. The summed E-state index contributed by atoms with van der Waals surface area (Å²) in [6.07, 6.45) is 0.870. The third kappa shape index (κ3) is 2.60. The molecule has 4 rings (SSSR count). The Kier molecular flexibility index (Phi) is 4.05. The number of hydrogen-bond donors (Lipinski definition) is 0. The van der Waals surface area contributed by atoms with E-state index in [9.17, 15) is 9.59 Å². The molecule has 2 amide bonds. The van der Waals surface area contributed by atoms with Crippen molar-refractivity contribution in [3.8, 4) is 0 Å². The summed E-state index contributed by atoms with van der Waals surface area (Å²) in [4.78, 5) is 29.5. The number of amides is 2.